The van der Waals surface area contributed by atoms with Crippen LogP contribution in [-0.2, 0) is 0 Å². The molecule has 1 amide bonds. The van der Waals surface area contributed by atoms with E-state index in [1.165, 1.54) is 18.2 Å². The largest absolute Gasteiger partial charge is 0.349 e. The van der Waals surface area contributed by atoms with Crippen molar-refractivity contribution in [1.82, 2.24) is 15.2 Å². The number of likely N-dealkylation sites (N-methyl/N-ethyl adjacent to an activating group) is 1. The first kappa shape index (κ1) is 17.9. The fourth-order valence-electron chi connectivity index (χ4n) is 2.84. The fourth-order valence-corrected chi connectivity index (χ4v) is 2.84. The first-order valence-corrected chi connectivity index (χ1v) is 8.21. The van der Waals surface area contributed by atoms with Crippen molar-refractivity contribution in [2.24, 2.45) is 0 Å². The summed E-state index contributed by atoms with van der Waals surface area (Å²) in [5.74, 6) is -1.66. The molecular weight excluding hydrogens is 336 g/mol. The maximum atomic E-state index is 14.1. The summed E-state index contributed by atoms with van der Waals surface area (Å²) in [5, 5.41) is 3.66. The van der Waals surface area contributed by atoms with Crippen LogP contribution in [0, 0.1) is 11.6 Å². The van der Waals surface area contributed by atoms with Gasteiger partial charge in [-0.3, -0.25) is 4.79 Å². The maximum Gasteiger partial charge on any atom is 0.269 e. The highest BCUT2D eigenvalue weighted by Gasteiger charge is 2.23. The highest BCUT2D eigenvalue weighted by Crippen LogP contribution is 2.24. The van der Waals surface area contributed by atoms with E-state index in [0.29, 0.717) is 5.52 Å². The molecule has 3 rings (SSSR count). The van der Waals surface area contributed by atoms with Crippen LogP contribution >= 0.6 is 0 Å². The van der Waals surface area contributed by atoms with E-state index >= 15 is 0 Å². The van der Waals surface area contributed by atoms with E-state index in [1.54, 1.807) is 25.1 Å². The summed E-state index contributed by atoms with van der Waals surface area (Å²) < 4.78 is 28.2. The number of hydrogen-bond donors (Lipinski definition) is 1. The number of halogens is 2. The van der Waals surface area contributed by atoms with E-state index in [2.05, 4.69) is 10.3 Å². The predicted octanol–water partition coefficient (Wildman–Crippen LogP) is 3.55. The second-order valence-corrected chi connectivity index (χ2v) is 6.21. The standard InChI is InChI=1S/C20H19F2N3O/c1-25(2)18(19-14(21)7-5-8-15(19)22)12-23-20(26)17-11-10-13-6-3-4-9-16(13)24-17/h3-11,18H,12H2,1-2H3,(H,23,26). The summed E-state index contributed by atoms with van der Waals surface area (Å²) in [6, 6.07) is 14.0. The van der Waals surface area contributed by atoms with Crippen molar-refractivity contribution < 1.29 is 13.6 Å². The minimum Gasteiger partial charge on any atom is -0.349 e. The van der Waals surface area contributed by atoms with Crippen molar-refractivity contribution in [3.63, 3.8) is 0 Å². The van der Waals surface area contributed by atoms with Crippen molar-refractivity contribution in [3.05, 3.63) is 77.5 Å². The summed E-state index contributed by atoms with van der Waals surface area (Å²) in [6.45, 7) is 0.0538. The summed E-state index contributed by atoms with van der Waals surface area (Å²) in [6.07, 6.45) is 0. The monoisotopic (exact) mass is 355 g/mol. The van der Waals surface area contributed by atoms with Gasteiger partial charge < -0.3 is 10.2 Å². The smallest absolute Gasteiger partial charge is 0.269 e. The highest BCUT2D eigenvalue weighted by atomic mass is 19.1. The third-order valence-corrected chi connectivity index (χ3v) is 4.24. The molecule has 0 saturated heterocycles. The Balaban J connectivity index is 1.79. The Hall–Kier alpha value is -2.86. The van der Waals surface area contributed by atoms with E-state index < -0.39 is 17.7 Å². The molecule has 0 aliphatic heterocycles. The van der Waals surface area contributed by atoms with Crippen LogP contribution in [0.1, 0.15) is 22.1 Å². The molecule has 1 N–H and O–H groups in total. The van der Waals surface area contributed by atoms with E-state index in [-0.39, 0.29) is 23.7 Å². The van der Waals surface area contributed by atoms with Gasteiger partial charge in [0.1, 0.15) is 17.3 Å². The lowest BCUT2D eigenvalue weighted by atomic mass is 10.0. The highest BCUT2D eigenvalue weighted by molar-refractivity contribution is 5.94. The maximum absolute atomic E-state index is 14.1. The number of pyridine rings is 1. The first-order chi connectivity index (χ1) is 12.5. The molecule has 0 spiro atoms. The molecule has 0 aliphatic carbocycles. The number of benzene rings is 2. The quantitative estimate of drug-likeness (QED) is 0.761. The average molecular weight is 355 g/mol. The summed E-state index contributed by atoms with van der Waals surface area (Å²) >= 11 is 0. The fraction of sp³-hybridized carbons (Fsp3) is 0.200. The Morgan fingerprint density at radius 2 is 1.73 bits per heavy atom. The van der Waals surface area contributed by atoms with Gasteiger partial charge in [-0.1, -0.05) is 30.3 Å². The second kappa shape index (κ2) is 7.58. The number of hydrogen-bond acceptors (Lipinski definition) is 3. The van der Waals surface area contributed by atoms with Crippen LogP contribution in [0.3, 0.4) is 0 Å². The topological polar surface area (TPSA) is 45.2 Å². The van der Waals surface area contributed by atoms with Crippen molar-refractivity contribution in [3.8, 4) is 0 Å². The lowest BCUT2D eigenvalue weighted by Crippen LogP contribution is -2.35. The molecule has 0 bridgehead atoms. The molecule has 2 aromatic carbocycles. The lowest BCUT2D eigenvalue weighted by molar-refractivity contribution is 0.0936. The zero-order chi connectivity index (χ0) is 18.7. The van der Waals surface area contributed by atoms with E-state index in [1.807, 2.05) is 30.3 Å². The van der Waals surface area contributed by atoms with E-state index in [9.17, 15) is 13.6 Å². The molecule has 0 saturated carbocycles. The molecule has 134 valence electrons. The summed E-state index contributed by atoms with van der Waals surface area (Å²) in [5.41, 5.74) is 0.906. The molecule has 1 heterocycles. The van der Waals surface area contributed by atoms with Gasteiger partial charge in [-0.15, -0.1) is 0 Å². The Morgan fingerprint density at radius 1 is 1.04 bits per heavy atom. The minimum atomic E-state index is -0.638. The second-order valence-electron chi connectivity index (χ2n) is 6.21. The minimum absolute atomic E-state index is 0.0538. The summed E-state index contributed by atoms with van der Waals surface area (Å²) in [7, 11) is 3.41. The lowest BCUT2D eigenvalue weighted by Gasteiger charge is -2.25. The molecule has 6 heteroatoms. The number of carbonyl (C=O) groups is 1. The van der Waals surface area contributed by atoms with Gasteiger partial charge in [0.2, 0.25) is 0 Å². The SMILES string of the molecule is CN(C)C(CNC(=O)c1ccc2ccccc2n1)c1c(F)cccc1F. The van der Waals surface area contributed by atoms with Crippen LogP contribution in [0.5, 0.6) is 0 Å². The Bertz CT molecular complexity index is 923. The van der Waals surface area contributed by atoms with Gasteiger partial charge in [-0.25, -0.2) is 13.8 Å². The first-order valence-electron chi connectivity index (χ1n) is 8.21. The predicted molar refractivity (Wildman–Crippen MR) is 96.9 cm³/mol. The van der Waals surface area contributed by atoms with Crippen molar-refractivity contribution in [2.45, 2.75) is 6.04 Å². The molecule has 1 aromatic heterocycles. The molecule has 0 aliphatic rings. The number of fused-ring (bicyclic) bond motifs is 1. The van der Waals surface area contributed by atoms with Crippen LogP contribution in [0.15, 0.2) is 54.6 Å². The molecule has 0 radical (unpaired) electrons. The van der Waals surface area contributed by atoms with Gasteiger partial charge >= 0.3 is 0 Å². The number of para-hydroxylation sites is 1. The van der Waals surface area contributed by atoms with Crippen LogP contribution < -0.4 is 5.32 Å². The summed E-state index contributed by atoms with van der Waals surface area (Å²) in [4.78, 5) is 18.4. The van der Waals surface area contributed by atoms with Crippen molar-refractivity contribution in [1.29, 1.82) is 0 Å². The number of rotatable bonds is 5. The number of nitrogens with zero attached hydrogens (tertiary/aromatic N) is 2. The Labute approximate surface area is 150 Å². The number of nitrogens with one attached hydrogen (secondary N) is 1. The molecule has 0 fully saturated rings. The zero-order valence-electron chi connectivity index (χ0n) is 14.5. The van der Waals surface area contributed by atoms with Gasteiger partial charge in [0.05, 0.1) is 11.6 Å². The van der Waals surface area contributed by atoms with Gasteiger partial charge in [-0.05, 0) is 38.4 Å². The van der Waals surface area contributed by atoms with Crippen molar-refractivity contribution in [2.75, 3.05) is 20.6 Å². The third kappa shape index (κ3) is 3.70. The zero-order valence-corrected chi connectivity index (χ0v) is 14.5. The Kier molecular flexibility index (Phi) is 5.23. The molecule has 4 nitrogen and oxygen atoms in total. The molecule has 26 heavy (non-hydrogen) atoms. The molecule has 1 atom stereocenters. The Morgan fingerprint density at radius 3 is 2.42 bits per heavy atom. The number of carbonyl (C=O) groups excluding carboxylic acids is 1. The van der Waals surface area contributed by atoms with Crippen LogP contribution in [0.4, 0.5) is 8.78 Å². The van der Waals surface area contributed by atoms with Gasteiger partial charge in [-0.2, -0.15) is 0 Å². The van der Waals surface area contributed by atoms with E-state index in [0.717, 1.165) is 5.39 Å². The van der Waals surface area contributed by atoms with Crippen LogP contribution in [0.2, 0.25) is 0 Å². The molecular formula is C20H19F2N3O. The van der Waals surface area contributed by atoms with Crippen LogP contribution in [-0.4, -0.2) is 36.4 Å². The number of aromatic nitrogens is 1. The van der Waals surface area contributed by atoms with Gasteiger partial charge in [0.15, 0.2) is 0 Å². The van der Waals surface area contributed by atoms with E-state index in [4.69, 9.17) is 0 Å². The normalized spacial score (nSPS) is 12.3. The number of amides is 1. The molecule has 3 aromatic rings. The average Bonchev–Trinajstić information content (AvgIpc) is 2.63. The van der Waals surface area contributed by atoms with Crippen LogP contribution in [0.25, 0.3) is 10.9 Å². The third-order valence-electron chi connectivity index (χ3n) is 4.24. The molecule has 1 unspecified atom stereocenters. The van der Waals surface area contributed by atoms with Gasteiger partial charge in [0, 0.05) is 17.5 Å². The van der Waals surface area contributed by atoms with Crippen molar-refractivity contribution >= 4 is 16.8 Å². The van der Waals surface area contributed by atoms with Gasteiger partial charge in [0.25, 0.3) is 5.91 Å².